The molecule has 0 aromatic heterocycles. The van der Waals surface area contributed by atoms with Gasteiger partial charge in [0, 0.05) is 5.92 Å². The minimum Gasteiger partial charge on any atom is -0.0629 e. The molecule has 0 saturated heterocycles. The van der Waals surface area contributed by atoms with Gasteiger partial charge in [-0.05, 0) is 54.5 Å². The lowest BCUT2D eigenvalue weighted by molar-refractivity contribution is 0.864. The van der Waals surface area contributed by atoms with Crippen molar-refractivity contribution in [2.75, 3.05) is 0 Å². The fraction of sp³-hybridized carbons (Fsp3) is 0.444. The summed E-state index contributed by atoms with van der Waals surface area (Å²) in [5, 5.41) is 0. The lowest BCUT2D eigenvalue weighted by atomic mass is 9.90. The molecule has 0 heterocycles. The van der Waals surface area contributed by atoms with E-state index in [1.165, 1.54) is 33.4 Å². The first-order chi connectivity index (χ1) is 8.43. The molecule has 0 bridgehead atoms. The van der Waals surface area contributed by atoms with E-state index in [4.69, 9.17) is 0 Å². The third-order valence-corrected chi connectivity index (χ3v) is 4.53. The lowest BCUT2D eigenvalue weighted by Gasteiger charge is -2.14. The molecule has 1 aromatic carbocycles. The van der Waals surface area contributed by atoms with Crippen LogP contribution in [-0.4, -0.2) is 0 Å². The van der Waals surface area contributed by atoms with Crippen LogP contribution in [0.5, 0.6) is 0 Å². The van der Waals surface area contributed by atoms with E-state index < -0.39 is 0 Å². The minimum absolute atomic E-state index is 0.565. The van der Waals surface area contributed by atoms with Gasteiger partial charge < -0.3 is 0 Å². The van der Waals surface area contributed by atoms with Crippen LogP contribution in [0.3, 0.4) is 0 Å². The predicted molar refractivity (Wildman–Crippen MR) is 80.7 cm³/mol. The van der Waals surface area contributed by atoms with Crippen LogP contribution < -0.4 is 0 Å². The average Bonchev–Trinajstić information content (AvgIpc) is 2.54. The highest BCUT2D eigenvalue weighted by Crippen LogP contribution is 2.42. The summed E-state index contributed by atoms with van der Waals surface area (Å²) in [6.07, 6.45) is 0. The second-order valence-corrected chi connectivity index (χ2v) is 5.85. The number of rotatable bonds is 2. The van der Waals surface area contributed by atoms with Gasteiger partial charge in [0.2, 0.25) is 0 Å². The molecule has 1 unspecified atom stereocenters. The zero-order valence-corrected chi connectivity index (χ0v) is 12.5. The van der Waals surface area contributed by atoms with E-state index in [-0.39, 0.29) is 0 Å². The topological polar surface area (TPSA) is 0 Å². The van der Waals surface area contributed by atoms with E-state index in [1.54, 1.807) is 0 Å². The monoisotopic (exact) mass is 240 g/mol. The molecule has 0 fully saturated rings. The standard InChI is InChI=1S/C18H24/c1-11(2)16-7-9-17(10-8-16)18-14(5)12(3)13(4)15(18)6/h7-11,14H,1-6H3. The Balaban J connectivity index is 2.40. The zero-order valence-electron chi connectivity index (χ0n) is 12.5. The quantitative estimate of drug-likeness (QED) is 0.634. The summed E-state index contributed by atoms with van der Waals surface area (Å²) in [6.45, 7) is 13.6. The second kappa shape index (κ2) is 4.76. The van der Waals surface area contributed by atoms with Gasteiger partial charge in [0.25, 0.3) is 0 Å². The maximum atomic E-state index is 2.32. The largest absolute Gasteiger partial charge is 0.0629 e. The van der Waals surface area contributed by atoms with Crippen molar-refractivity contribution in [3.8, 4) is 0 Å². The van der Waals surface area contributed by atoms with Crippen LogP contribution in [0.1, 0.15) is 58.6 Å². The number of benzene rings is 1. The Hall–Kier alpha value is -1.30. The summed E-state index contributed by atoms with van der Waals surface area (Å²) in [4.78, 5) is 0. The highest BCUT2D eigenvalue weighted by Gasteiger charge is 2.24. The van der Waals surface area contributed by atoms with Crippen molar-refractivity contribution in [3.63, 3.8) is 0 Å². The Morgan fingerprint density at radius 2 is 1.44 bits per heavy atom. The zero-order chi connectivity index (χ0) is 13.4. The normalized spacial score (nSPS) is 20.3. The van der Waals surface area contributed by atoms with Crippen molar-refractivity contribution in [3.05, 3.63) is 52.1 Å². The van der Waals surface area contributed by atoms with Gasteiger partial charge >= 0.3 is 0 Å². The summed E-state index contributed by atoms with van der Waals surface area (Å²) in [5.74, 6) is 1.17. The highest BCUT2D eigenvalue weighted by atomic mass is 14.3. The molecule has 1 atom stereocenters. The van der Waals surface area contributed by atoms with Gasteiger partial charge in [0.15, 0.2) is 0 Å². The molecule has 2 rings (SSSR count). The molecule has 1 aromatic rings. The SMILES string of the molecule is CC1=C(C)C(C)C(c2ccc(C(C)C)cc2)=C1C. The van der Waals surface area contributed by atoms with Crippen molar-refractivity contribution in [2.24, 2.45) is 5.92 Å². The van der Waals surface area contributed by atoms with E-state index in [0.717, 1.165) is 0 Å². The summed E-state index contributed by atoms with van der Waals surface area (Å²) in [6, 6.07) is 9.12. The van der Waals surface area contributed by atoms with Crippen LogP contribution in [-0.2, 0) is 0 Å². The predicted octanol–water partition coefficient (Wildman–Crippen LogP) is 5.57. The van der Waals surface area contributed by atoms with Crippen molar-refractivity contribution >= 4 is 5.57 Å². The fourth-order valence-electron chi connectivity index (χ4n) is 2.88. The third-order valence-electron chi connectivity index (χ3n) is 4.53. The first-order valence-electron chi connectivity index (χ1n) is 6.92. The Morgan fingerprint density at radius 1 is 0.889 bits per heavy atom. The van der Waals surface area contributed by atoms with Gasteiger partial charge in [-0.2, -0.15) is 0 Å². The van der Waals surface area contributed by atoms with Gasteiger partial charge in [0.05, 0.1) is 0 Å². The molecule has 18 heavy (non-hydrogen) atoms. The molecule has 0 N–H and O–H groups in total. The lowest BCUT2D eigenvalue weighted by Crippen LogP contribution is -1.97. The van der Waals surface area contributed by atoms with E-state index in [2.05, 4.69) is 65.8 Å². The molecule has 0 amide bonds. The first-order valence-corrected chi connectivity index (χ1v) is 6.92. The summed E-state index contributed by atoms with van der Waals surface area (Å²) in [5.41, 5.74) is 8.79. The maximum absolute atomic E-state index is 2.32. The molecule has 0 saturated carbocycles. The minimum atomic E-state index is 0.565. The molecule has 0 aliphatic heterocycles. The van der Waals surface area contributed by atoms with Crippen molar-refractivity contribution in [1.29, 1.82) is 0 Å². The number of hydrogen-bond donors (Lipinski definition) is 0. The third kappa shape index (κ3) is 2.05. The molecular weight excluding hydrogens is 216 g/mol. The Morgan fingerprint density at radius 3 is 1.83 bits per heavy atom. The Bertz CT molecular complexity index is 509. The van der Waals surface area contributed by atoms with Crippen LogP contribution in [0.2, 0.25) is 0 Å². The van der Waals surface area contributed by atoms with Crippen LogP contribution in [0.25, 0.3) is 5.57 Å². The van der Waals surface area contributed by atoms with Gasteiger partial charge in [-0.25, -0.2) is 0 Å². The van der Waals surface area contributed by atoms with Crippen molar-refractivity contribution in [2.45, 2.75) is 47.5 Å². The maximum Gasteiger partial charge on any atom is 0.00315 e. The van der Waals surface area contributed by atoms with E-state index in [9.17, 15) is 0 Å². The Labute approximate surface area is 111 Å². The molecule has 0 spiro atoms. The summed E-state index contributed by atoms with van der Waals surface area (Å²) < 4.78 is 0. The highest BCUT2D eigenvalue weighted by molar-refractivity contribution is 5.79. The van der Waals surface area contributed by atoms with Gasteiger partial charge in [-0.1, -0.05) is 50.6 Å². The number of allylic oxidation sites excluding steroid dienone is 4. The van der Waals surface area contributed by atoms with Crippen molar-refractivity contribution < 1.29 is 0 Å². The molecule has 1 aliphatic carbocycles. The Kier molecular flexibility index (Phi) is 3.47. The van der Waals surface area contributed by atoms with Gasteiger partial charge in [0.1, 0.15) is 0 Å². The van der Waals surface area contributed by atoms with Gasteiger partial charge in [-0.3, -0.25) is 0 Å². The van der Waals surface area contributed by atoms with Crippen LogP contribution in [0, 0.1) is 5.92 Å². The molecule has 0 nitrogen and oxygen atoms in total. The molecular formula is C18H24. The molecule has 1 aliphatic rings. The first kappa shape index (κ1) is 13.1. The summed E-state index contributed by atoms with van der Waals surface area (Å²) >= 11 is 0. The van der Waals surface area contributed by atoms with Crippen molar-refractivity contribution in [1.82, 2.24) is 0 Å². The molecule has 0 heteroatoms. The van der Waals surface area contributed by atoms with E-state index in [0.29, 0.717) is 11.8 Å². The van der Waals surface area contributed by atoms with Gasteiger partial charge in [-0.15, -0.1) is 0 Å². The molecule has 0 radical (unpaired) electrons. The van der Waals surface area contributed by atoms with Crippen LogP contribution >= 0.6 is 0 Å². The van der Waals surface area contributed by atoms with E-state index >= 15 is 0 Å². The van der Waals surface area contributed by atoms with Crippen LogP contribution in [0.15, 0.2) is 41.0 Å². The summed E-state index contributed by atoms with van der Waals surface area (Å²) in [7, 11) is 0. The smallest absolute Gasteiger partial charge is 0.00315 e. The van der Waals surface area contributed by atoms with E-state index in [1.807, 2.05) is 0 Å². The second-order valence-electron chi connectivity index (χ2n) is 5.85. The molecule has 96 valence electrons. The van der Waals surface area contributed by atoms with Crippen LogP contribution in [0.4, 0.5) is 0 Å². The average molecular weight is 240 g/mol. The fourth-order valence-corrected chi connectivity index (χ4v) is 2.88. The number of hydrogen-bond acceptors (Lipinski definition) is 0.